The first kappa shape index (κ1) is 19.9. The molecule has 0 saturated heterocycles. The van der Waals surface area contributed by atoms with Gasteiger partial charge < -0.3 is 20.1 Å². The topological polar surface area (TPSA) is 104 Å². The molecular formula is C15H28O6. The first-order valence-corrected chi connectivity index (χ1v) is 7.62. The fraction of sp³-hybridized carbons (Fsp3) is 0.867. The summed E-state index contributed by atoms with van der Waals surface area (Å²) in [6.45, 7) is 3.83. The first-order chi connectivity index (χ1) is 9.93. The normalized spacial score (nSPS) is 22.7. The van der Waals surface area contributed by atoms with E-state index in [0.717, 1.165) is 25.7 Å². The summed E-state index contributed by atoms with van der Waals surface area (Å²) in [5.41, 5.74) is 0. The van der Waals surface area contributed by atoms with Gasteiger partial charge >= 0.3 is 11.9 Å². The zero-order chi connectivity index (χ0) is 16.3. The number of aliphatic hydroxyl groups is 2. The van der Waals surface area contributed by atoms with Crippen LogP contribution in [-0.2, 0) is 14.3 Å². The molecule has 0 radical (unpaired) electrons. The molecule has 1 rings (SSSR count). The Labute approximate surface area is 126 Å². The van der Waals surface area contributed by atoms with E-state index in [1.165, 1.54) is 6.92 Å². The smallest absolute Gasteiger partial charge is 0.309 e. The van der Waals surface area contributed by atoms with Gasteiger partial charge in [0.15, 0.2) is 0 Å². The van der Waals surface area contributed by atoms with Crippen LogP contribution in [0, 0.1) is 11.8 Å². The monoisotopic (exact) mass is 304 g/mol. The largest absolute Gasteiger partial charge is 0.481 e. The van der Waals surface area contributed by atoms with Gasteiger partial charge in [0.25, 0.3) is 0 Å². The highest BCUT2D eigenvalue weighted by molar-refractivity contribution is 5.81. The van der Waals surface area contributed by atoms with E-state index in [-0.39, 0.29) is 12.6 Å². The molecule has 0 aromatic heterocycles. The Balaban J connectivity index is 0.000000690. The van der Waals surface area contributed by atoms with Gasteiger partial charge in [0, 0.05) is 0 Å². The minimum atomic E-state index is -0.864. The molecule has 1 aliphatic carbocycles. The fourth-order valence-electron chi connectivity index (χ4n) is 2.13. The van der Waals surface area contributed by atoms with Crippen molar-refractivity contribution in [3.8, 4) is 0 Å². The standard InChI is InChI=1S/C12H20O4.C3H8O2/c1-2-3-8-16-12(15)10-7-5-4-6-9(10)11(13)14;1-3(5)2-4/h9-10H,2-8H2,1H3,(H,13,14);3-5H,2H2,1H3. The van der Waals surface area contributed by atoms with Crippen LogP contribution in [0.4, 0.5) is 0 Å². The van der Waals surface area contributed by atoms with Gasteiger partial charge in [-0.05, 0) is 26.2 Å². The third kappa shape index (κ3) is 8.67. The van der Waals surface area contributed by atoms with Crippen LogP contribution < -0.4 is 0 Å². The summed E-state index contributed by atoms with van der Waals surface area (Å²) < 4.78 is 5.10. The molecule has 6 nitrogen and oxygen atoms in total. The molecule has 3 N–H and O–H groups in total. The molecule has 1 fully saturated rings. The third-order valence-corrected chi connectivity index (χ3v) is 3.39. The molecule has 0 aromatic carbocycles. The van der Waals surface area contributed by atoms with Crippen LogP contribution in [0.5, 0.6) is 0 Å². The van der Waals surface area contributed by atoms with E-state index in [4.69, 9.17) is 20.1 Å². The molecule has 0 heterocycles. The molecule has 0 aliphatic heterocycles. The number of carbonyl (C=O) groups is 2. The van der Waals surface area contributed by atoms with Crippen molar-refractivity contribution in [1.29, 1.82) is 0 Å². The van der Waals surface area contributed by atoms with Gasteiger partial charge in [-0.2, -0.15) is 0 Å². The lowest BCUT2D eigenvalue weighted by molar-refractivity contribution is -0.159. The Kier molecular flexibility index (Phi) is 10.9. The summed E-state index contributed by atoms with van der Waals surface area (Å²) in [6.07, 6.45) is 4.34. The van der Waals surface area contributed by atoms with Crippen molar-refractivity contribution in [2.45, 2.75) is 58.5 Å². The molecule has 0 bridgehead atoms. The number of ether oxygens (including phenoxy) is 1. The van der Waals surface area contributed by atoms with Gasteiger partial charge in [0.2, 0.25) is 0 Å². The summed E-state index contributed by atoms with van der Waals surface area (Å²) in [5, 5.41) is 25.0. The SMILES string of the molecule is CC(O)CO.CCCCOC(=O)C1CCCCC1C(=O)O. The highest BCUT2D eigenvalue weighted by atomic mass is 16.5. The van der Waals surface area contributed by atoms with Crippen LogP contribution in [0.1, 0.15) is 52.4 Å². The zero-order valence-corrected chi connectivity index (χ0v) is 13.0. The maximum atomic E-state index is 11.7. The second kappa shape index (κ2) is 11.5. The van der Waals surface area contributed by atoms with Gasteiger partial charge in [-0.1, -0.05) is 26.2 Å². The highest BCUT2D eigenvalue weighted by Crippen LogP contribution is 2.31. The predicted molar refractivity (Wildman–Crippen MR) is 77.7 cm³/mol. The van der Waals surface area contributed by atoms with Crippen molar-refractivity contribution < 1.29 is 29.6 Å². The van der Waals surface area contributed by atoms with Gasteiger partial charge in [-0.3, -0.25) is 9.59 Å². The molecular weight excluding hydrogens is 276 g/mol. The van der Waals surface area contributed by atoms with E-state index >= 15 is 0 Å². The van der Waals surface area contributed by atoms with Crippen molar-refractivity contribution in [2.24, 2.45) is 11.8 Å². The van der Waals surface area contributed by atoms with E-state index in [9.17, 15) is 9.59 Å². The van der Waals surface area contributed by atoms with Gasteiger partial charge in [0.1, 0.15) is 0 Å². The number of hydrogen-bond donors (Lipinski definition) is 3. The van der Waals surface area contributed by atoms with Crippen molar-refractivity contribution in [3.63, 3.8) is 0 Å². The molecule has 0 aromatic rings. The number of aliphatic carboxylic acids is 1. The fourth-order valence-corrected chi connectivity index (χ4v) is 2.13. The van der Waals surface area contributed by atoms with Crippen LogP contribution in [0.15, 0.2) is 0 Å². The average Bonchev–Trinajstić information content (AvgIpc) is 2.47. The van der Waals surface area contributed by atoms with E-state index in [0.29, 0.717) is 19.4 Å². The average molecular weight is 304 g/mol. The van der Waals surface area contributed by atoms with E-state index < -0.39 is 23.9 Å². The minimum absolute atomic E-state index is 0.139. The summed E-state index contributed by atoms with van der Waals surface area (Å²) >= 11 is 0. The summed E-state index contributed by atoms with van der Waals surface area (Å²) in [4.78, 5) is 22.7. The Morgan fingerprint density at radius 3 is 2.19 bits per heavy atom. The lowest BCUT2D eigenvalue weighted by Crippen LogP contribution is -2.33. The number of carboxylic acid groups (broad SMARTS) is 1. The van der Waals surface area contributed by atoms with Gasteiger partial charge in [-0.25, -0.2) is 0 Å². The third-order valence-electron chi connectivity index (χ3n) is 3.39. The first-order valence-electron chi connectivity index (χ1n) is 7.62. The zero-order valence-electron chi connectivity index (χ0n) is 13.0. The van der Waals surface area contributed by atoms with Crippen molar-refractivity contribution in [1.82, 2.24) is 0 Å². The molecule has 1 aliphatic rings. The summed E-state index contributed by atoms with van der Waals surface area (Å²) in [6, 6.07) is 0. The lowest BCUT2D eigenvalue weighted by atomic mass is 9.79. The van der Waals surface area contributed by atoms with Crippen LogP contribution in [-0.4, -0.2) is 46.6 Å². The van der Waals surface area contributed by atoms with Crippen LogP contribution in [0.3, 0.4) is 0 Å². The second-order valence-corrected chi connectivity index (χ2v) is 5.39. The number of esters is 1. The van der Waals surface area contributed by atoms with Crippen LogP contribution in [0.25, 0.3) is 0 Å². The van der Waals surface area contributed by atoms with Crippen molar-refractivity contribution in [2.75, 3.05) is 13.2 Å². The van der Waals surface area contributed by atoms with Gasteiger partial charge in [0.05, 0.1) is 31.2 Å². The van der Waals surface area contributed by atoms with Crippen molar-refractivity contribution in [3.05, 3.63) is 0 Å². The Morgan fingerprint density at radius 2 is 1.76 bits per heavy atom. The Hall–Kier alpha value is -1.14. The van der Waals surface area contributed by atoms with E-state index in [2.05, 4.69) is 0 Å². The van der Waals surface area contributed by atoms with Gasteiger partial charge in [-0.15, -0.1) is 0 Å². The van der Waals surface area contributed by atoms with Crippen molar-refractivity contribution >= 4 is 11.9 Å². The number of aliphatic hydroxyl groups excluding tert-OH is 2. The number of carbonyl (C=O) groups excluding carboxylic acids is 1. The number of unbranched alkanes of at least 4 members (excludes halogenated alkanes) is 1. The molecule has 6 heteroatoms. The quantitative estimate of drug-likeness (QED) is 0.508. The minimum Gasteiger partial charge on any atom is -0.481 e. The maximum absolute atomic E-state index is 11.7. The summed E-state index contributed by atoms with van der Waals surface area (Å²) in [7, 11) is 0. The highest BCUT2D eigenvalue weighted by Gasteiger charge is 2.36. The number of hydrogen-bond acceptors (Lipinski definition) is 5. The molecule has 124 valence electrons. The second-order valence-electron chi connectivity index (χ2n) is 5.39. The van der Waals surface area contributed by atoms with E-state index in [1.54, 1.807) is 0 Å². The molecule has 0 amide bonds. The Bertz CT molecular complexity index is 303. The molecule has 3 unspecified atom stereocenters. The molecule has 0 spiro atoms. The van der Waals surface area contributed by atoms with Crippen LogP contribution in [0.2, 0.25) is 0 Å². The van der Waals surface area contributed by atoms with Crippen LogP contribution >= 0.6 is 0 Å². The molecule has 1 saturated carbocycles. The Morgan fingerprint density at radius 1 is 1.24 bits per heavy atom. The summed E-state index contributed by atoms with van der Waals surface area (Å²) in [5.74, 6) is -2.15. The molecule has 3 atom stereocenters. The lowest BCUT2D eigenvalue weighted by Gasteiger charge is -2.26. The maximum Gasteiger partial charge on any atom is 0.309 e. The molecule has 21 heavy (non-hydrogen) atoms. The number of rotatable bonds is 6. The van der Waals surface area contributed by atoms with E-state index in [1.807, 2.05) is 6.92 Å². The number of carboxylic acids is 1. The predicted octanol–water partition coefficient (Wildman–Crippen LogP) is 1.58.